The van der Waals surface area contributed by atoms with Crippen molar-refractivity contribution in [3.8, 4) is 5.75 Å². The molecule has 0 N–H and O–H groups in total. The van der Waals surface area contributed by atoms with E-state index >= 15 is 0 Å². The molecule has 2 aromatic rings. The Kier molecular flexibility index (Phi) is 4.58. The molecule has 0 saturated heterocycles. The van der Waals surface area contributed by atoms with Crippen molar-refractivity contribution in [2.24, 2.45) is 4.99 Å². The summed E-state index contributed by atoms with van der Waals surface area (Å²) < 4.78 is 7.57. The van der Waals surface area contributed by atoms with Crippen molar-refractivity contribution in [1.29, 1.82) is 0 Å². The van der Waals surface area contributed by atoms with E-state index in [0.29, 0.717) is 6.61 Å². The van der Waals surface area contributed by atoms with E-state index in [4.69, 9.17) is 4.74 Å². The molecule has 1 aromatic carbocycles. The van der Waals surface area contributed by atoms with Gasteiger partial charge in [-0.3, -0.25) is 0 Å². The first-order chi connectivity index (χ1) is 9.24. The lowest BCUT2D eigenvalue weighted by molar-refractivity contribution is 0.340. The summed E-state index contributed by atoms with van der Waals surface area (Å²) in [5.41, 5.74) is 2.14. The van der Waals surface area contributed by atoms with Crippen LogP contribution in [0, 0.1) is 6.92 Å². The quantitative estimate of drug-likeness (QED) is 0.764. The largest absolute Gasteiger partial charge is 0.494 e. The second-order valence-electron chi connectivity index (χ2n) is 4.10. The van der Waals surface area contributed by atoms with Crippen molar-refractivity contribution in [3.05, 3.63) is 52.8 Å². The van der Waals surface area contributed by atoms with Gasteiger partial charge in [0, 0.05) is 17.6 Å². The molecule has 0 radical (unpaired) electrons. The molecule has 1 heterocycles. The summed E-state index contributed by atoms with van der Waals surface area (Å²) in [5.74, 6) is 0.878. The number of thiazole rings is 1. The van der Waals surface area contributed by atoms with E-state index in [-0.39, 0.29) is 0 Å². The Morgan fingerprint density at radius 1 is 1.37 bits per heavy atom. The van der Waals surface area contributed by atoms with E-state index in [1.54, 1.807) is 11.3 Å². The zero-order valence-electron chi connectivity index (χ0n) is 11.3. The van der Waals surface area contributed by atoms with Crippen LogP contribution in [-0.2, 0) is 6.54 Å². The van der Waals surface area contributed by atoms with Crippen LogP contribution in [0.3, 0.4) is 0 Å². The third-order valence-electron chi connectivity index (χ3n) is 2.68. The van der Waals surface area contributed by atoms with Crippen LogP contribution >= 0.6 is 11.3 Å². The minimum absolute atomic E-state index is 0.680. The normalized spacial score (nSPS) is 11.6. The molecule has 0 unspecified atom stereocenters. The number of aromatic nitrogens is 1. The summed E-state index contributed by atoms with van der Waals surface area (Å²) in [6.45, 7) is 9.30. The molecule has 0 aliphatic rings. The summed E-state index contributed by atoms with van der Waals surface area (Å²) in [7, 11) is 0. The van der Waals surface area contributed by atoms with Gasteiger partial charge in [-0.15, -0.1) is 17.9 Å². The monoisotopic (exact) mass is 274 g/mol. The maximum Gasteiger partial charge on any atom is 0.190 e. The van der Waals surface area contributed by atoms with Crippen molar-refractivity contribution in [2.45, 2.75) is 20.4 Å². The van der Waals surface area contributed by atoms with Gasteiger partial charge in [-0.05, 0) is 38.1 Å². The number of allylic oxidation sites excluding steroid dienone is 1. The minimum atomic E-state index is 0.680. The predicted octanol–water partition coefficient (Wildman–Crippen LogP) is 3.68. The van der Waals surface area contributed by atoms with Crippen LogP contribution in [0.1, 0.15) is 12.6 Å². The third-order valence-corrected chi connectivity index (χ3v) is 3.66. The Morgan fingerprint density at radius 2 is 2.11 bits per heavy atom. The smallest absolute Gasteiger partial charge is 0.190 e. The van der Waals surface area contributed by atoms with Gasteiger partial charge in [0.15, 0.2) is 4.80 Å². The molecule has 0 amide bonds. The van der Waals surface area contributed by atoms with Gasteiger partial charge in [-0.1, -0.05) is 6.08 Å². The first-order valence-corrected chi connectivity index (χ1v) is 7.16. The maximum atomic E-state index is 5.42. The lowest BCUT2D eigenvalue weighted by Gasteiger charge is -2.03. The fourth-order valence-electron chi connectivity index (χ4n) is 1.75. The number of nitrogens with zero attached hydrogens (tertiary/aromatic N) is 2. The zero-order chi connectivity index (χ0) is 13.7. The SMILES string of the molecule is C=CCn1c(C)csc1=Nc1ccc(OCC)cc1. The Hall–Kier alpha value is -1.81. The van der Waals surface area contributed by atoms with Crippen LogP contribution in [0.5, 0.6) is 5.75 Å². The van der Waals surface area contributed by atoms with E-state index in [1.165, 1.54) is 5.69 Å². The number of hydrogen-bond donors (Lipinski definition) is 0. The molecule has 4 heteroatoms. The van der Waals surface area contributed by atoms with Gasteiger partial charge in [-0.2, -0.15) is 0 Å². The standard InChI is InChI=1S/C15H18N2OS/c1-4-10-17-12(3)11-19-15(17)16-13-6-8-14(9-7-13)18-5-2/h4,6-9,11H,1,5,10H2,2-3H3. The molecule has 1 aromatic heterocycles. The first kappa shape index (κ1) is 13.6. The molecule has 0 atom stereocenters. The summed E-state index contributed by atoms with van der Waals surface area (Å²) in [6, 6.07) is 7.83. The third kappa shape index (κ3) is 3.35. The molecule has 0 fully saturated rings. The van der Waals surface area contributed by atoms with E-state index in [9.17, 15) is 0 Å². The molecule has 0 aliphatic heterocycles. The summed E-state index contributed by atoms with van der Waals surface area (Å²) >= 11 is 1.64. The molecule has 0 saturated carbocycles. The maximum absolute atomic E-state index is 5.42. The number of hydrogen-bond acceptors (Lipinski definition) is 3. The molecular formula is C15H18N2OS. The second kappa shape index (κ2) is 6.38. The molecule has 100 valence electrons. The Morgan fingerprint density at radius 3 is 2.74 bits per heavy atom. The van der Waals surface area contributed by atoms with Crippen molar-refractivity contribution < 1.29 is 4.74 Å². The highest BCUT2D eigenvalue weighted by atomic mass is 32.1. The minimum Gasteiger partial charge on any atom is -0.494 e. The number of ether oxygens (including phenoxy) is 1. The van der Waals surface area contributed by atoms with Crippen LogP contribution in [0.4, 0.5) is 5.69 Å². The number of aryl methyl sites for hydroxylation is 1. The molecular weight excluding hydrogens is 256 g/mol. The average Bonchev–Trinajstić information content (AvgIpc) is 2.75. The molecule has 0 spiro atoms. The number of benzene rings is 1. The van der Waals surface area contributed by atoms with Gasteiger partial charge in [-0.25, -0.2) is 4.99 Å². The molecule has 0 bridgehead atoms. The highest BCUT2D eigenvalue weighted by molar-refractivity contribution is 7.07. The van der Waals surface area contributed by atoms with E-state index < -0.39 is 0 Å². The lowest BCUT2D eigenvalue weighted by atomic mass is 10.3. The van der Waals surface area contributed by atoms with Crippen LogP contribution in [0.25, 0.3) is 0 Å². The van der Waals surface area contributed by atoms with Crippen LogP contribution < -0.4 is 9.54 Å². The van der Waals surface area contributed by atoms with Gasteiger partial charge in [0.1, 0.15) is 5.75 Å². The molecule has 0 aliphatic carbocycles. The lowest BCUT2D eigenvalue weighted by Crippen LogP contribution is -2.14. The summed E-state index contributed by atoms with van der Waals surface area (Å²) in [4.78, 5) is 5.65. The highest BCUT2D eigenvalue weighted by Crippen LogP contribution is 2.17. The van der Waals surface area contributed by atoms with Crippen molar-refractivity contribution in [3.63, 3.8) is 0 Å². The van der Waals surface area contributed by atoms with Gasteiger partial charge < -0.3 is 9.30 Å². The van der Waals surface area contributed by atoms with Gasteiger partial charge in [0.05, 0.1) is 12.3 Å². The van der Waals surface area contributed by atoms with Crippen molar-refractivity contribution in [1.82, 2.24) is 4.57 Å². The first-order valence-electron chi connectivity index (χ1n) is 6.28. The van der Waals surface area contributed by atoms with Crippen LogP contribution in [0.15, 0.2) is 47.3 Å². The van der Waals surface area contributed by atoms with Crippen LogP contribution in [-0.4, -0.2) is 11.2 Å². The topological polar surface area (TPSA) is 26.5 Å². The number of rotatable bonds is 5. The molecule has 3 nitrogen and oxygen atoms in total. The fraction of sp³-hybridized carbons (Fsp3) is 0.267. The fourth-order valence-corrected chi connectivity index (χ4v) is 2.66. The average molecular weight is 274 g/mol. The highest BCUT2D eigenvalue weighted by Gasteiger charge is 1.99. The van der Waals surface area contributed by atoms with Crippen LogP contribution in [0.2, 0.25) is 0 Å². The summed E-state index contributed by atoms with van der Waals surface area (Å²) in [6.07, 6.45) is 1.89. The zero-order valence-corrected chi connectivity index (χ0v) is 12.1. The molecule has 2 rings (SSSR count). The molecule has 19 heavy (non-hydrogen) atoms. The van der Waals surface area contributed by atoms with E-state index in [0.717, 1.165) is 22.8 Å². The predicted molar refractivity (Wildman–Crippen MR) is 80.1 cm³/mol. The second-order valence-corrected chi connectivity index (χ2v) is 4.93. The Bertz CT molecular complexity index is 608. The van der Waals surface area contributed by atoms with E-state index in [1.807, 2.05) is 37.3 Å². The van der Waals surface area contributed by atoms with E-state index in [2.05, 4.69) is 28.4 Å². The van der Waals surface area contributed by atoms with Gasteiger partial charge >= 0.3 is 0 Å². The van der Waals surface area contributed by atoms with Crippen molar-refractivity contribution >= 4 is 17.0 Å². The summed E-state index contributed by atoms with van der Waals surface area (Å²) in [5, 5.41) is 2.11. The Balaban J connectivity index is 2.32. The van der Waals surface area contributed by atoms with Gasteiger partial charge in [0.2, 0.25) is 0 Å². The van der Waals surface area contributed by atoms with Gasteiger partial charge in [0.25, 0.3) is 0 Å². The van der Waals surface area contributed by atoms with Crippen molar-refractivity contribution in [2.75, 3.05) is 6.61 Å². The Labute approximate surface area is 117 Å².